The number of hydrogen-bond donors (Lipinski definition) is 1. The Hall–Kier alpha value is -0.560. The highest BCUT2D eigenvalue weighted by atomic mass is 14.5. The minimum atomic E-state index is 0.744. The number of rotatable bonds is 3. The van der Waals surface area contributed by atoms with Gasteiger partial charge in [-0.05, 0) is 19.9 Å². The standard InChI is InChI=1S/C7H13N/c1-2-3-4-5-6-7-8/h2-5H,6-8H2,1H3. The van der Waals surface area contributed by atoms with E-state index in [1.807, 2.05) is 25.2 Å². The average Bonchev–Trinajstić information content (AvgIpc) is 1.81. The van der Waals surface area contributed by atoms with Crippen LogP contribution in [0.15, 0.2) is 24.3 Å². The van der Waals surface area contributed by atoms with Crippen molar-refractivity contribution in [1.29, 1.82) is 0 Å². The molecule has 46 valence electrons. The lowest BCUT2D eigenvalue weighted by Crippen LogP contribution is -1.94. The zero-order chi connectivity index (χ0) is 6.24. The Morgan fingerprint density at radius 2 is 2.12 bits per heavy atom. The molecule has 0 saturated heterocycles. The van der Waals surface area contributed by atoms with E-state index in [2.05, 4.69) is 6.08 Å². The number of allylic oxidation sites excluding steroid dienone is 3. The predicted molar refractivity (Wildman–Crippen MR) is 37.6 cm³/mol. The maximum atomic E-state index is 5.24. The molecule has 0 saturated carbocycles. The van der Waals surface area contributed by atoms with E-state index in [1.54, 1.807) is 0 Å². The van der Waals surface area contributed by atoms with Gasteiger partial charge >= 0.3 is 0 Å². The van der Waals surface area contributed by atoms with E-state index in [0.29, 0.717) is 0 Å². The summed E-state index contributed by atoms with van der Waals surface area (Å²) >= 11 is 0. The minimum absolute atomic E-state index is 0.744. The second-order valence-electron chi connectivity index (χ2n) is 1.53. The van der Waals surface area contributed by atoms with Crippen LogP contribution in [0.2, 0.25) is 0 Å². The highest BCUT2D eigenvalue weighted by Crippen LogP contribution is 1.79. The molecule has 0 spiro atoms. The summed E-state index contributed by atoms with van der Waals surface area (Å²) in [6.07, 6.45) is 9.03. The average molecular weight is 111 g/mol. The molecule has 0 amide bonds. The maximum absolute atomic E-state index is 5.24. The normalized spacial score (nSPS) is 11.8. The van der Waals surface area contributed by atoms with Crippen LogP contribution < -0.4 is 5.73 Å². The monoisotopic (exact) mass is 111 g/mol. The molecule has 8 heavy (non-hydrogen) atoms. The molecule has 0 bridgehead atoms. The molecule has 0 rings (SSSR count). The number of nitrogens with two attached hydrogens (primary N) is 1. The van der Waals surface area contributed by atoms with Gasteiger partial charge in [0.15, 0.2) is 0 Å². The Kier molecular flexibility index (Phi) is 5.99. The Balaban J connectivity index is 3.07. The van der Waals surface area contributed by atoms with Crippen LogP contribution in [-0.4, -0.2) is 6.54 Å². The lowest BCUT2D eigenvalue weighted by Gasteiger charge is -1.79. The molecule has 0 atom stereocenters. The lowest BCUT2D eigenvalue weighted by atomic mass is 10.3. The summed E-state index contributed by atoms with van der Waals surface area (Å²) in [6.45, 7) is 2.74. The van der Waals surface area contributed by atoms with Gasteiger partial charge in [0.2, 0.25) is 0 Å². The highest BCUT2D eigenvalue weighted by Gasteiger charge is 1.66. The zero-order valence-corrected chi connectivity index (χ0v) is 5.30. The maximum Gasteiger partial charge on any atom is -0.00425 e. The van der Waals surface area contributed by atoms with Gasteiger partial charge in [-0.25, -0.2) is 0 Å². The van der Waals surface area contributed by atoms with Gasteiger partial charge in [0, 0.05) is 0 Å². The van der Waals surface area contributed by atoms with Crippen molar-refractivity contribution >= 4 is 0 Å². The third kappa shape index (κ3) is 5.44. The summed E-state index contributed by atoms with van der Waals surface area (Å²) in [5, 5.41) is 0. The molecule has 0 aliphatic rings. The van der Waals surface area contributed by atoms with Gasteiger partial charge in [-0.2, -0.15) is 0 Å². The first-order valence-corrected chi connectivity index (χ1v) is 2.89. The molecule has 0 heterocycles. The Labute approximate surface area is 50.9 Å². The smallest absolute Gasteiger partial charge is 0.00425 e. The van der Waals surface area contributed by atoms with Gasteiger partial charge in [0.25, 0.3) is 0 Å². The van der Waals surface area contributed by atoms with E-state index in [9.17, 15) is 0 Å². The van der Waals surface area contributed by atoms with Crippen LogP contribution in [-0.2, 0) is 0 Å². The Bertz CT molecular complexity index is 82.4. The molecule has 0 aromatic heterocycles. The summed E-state index contributed by atoms with van der Waals surface area (Å²) in [6, 6.07) is 0. The van der Waals surface area contributed by atoms with Gasteiger partial charge in [-0.1, -0.05) is 24.3 Å². The summed E-state index contributed by atoms with van der Waals surface area (Å²) in [5.41, 5.74) is 5.24. The van der Waals surface area contributed by atoms with E-state index < -0.39 is 0 Å². The Morgan fingerprint density at radius 3 is 2.62 bits per heavy atom. The number of hydrogen-bond acceptors (Lipinski definition) is 1. The van der Waals surface area contributed by atoms with Crippen LogP contribution in [0.1, 0.15) is 13.3 Å². The largest absolute Gasteiger partial charge is 0.330 e. The van der Waals surface area contributed by atoms with Crippen molar-refractivity contribution in [3.63, 3.8) is 0 Å². The van der Waals surface area contributed by atoms with Crippen LogP contribution in [0.25, 0.3) is 0 Å². The fourth-order valence-corrected chi connectivity index (χ4v) is 0.382. The quantitative estimate of drug-likeness (QED) is 0.548. The molecular weight excluding hydrogens is 98.1 g/mol. The van der Waals surface area contributed by atoms with Gasteiger partial charge in [-0.3, -0.25) is 0 Å². The van der Waals surface area contributed by atoms with E-state index in [4.69, 9.17) is 5.73 Å². The molecule has 2 N–H and O–H groups in total. The van der Waals surface area contributed by atoms with Gasteiger partial charge < -0.3 is 5.73 Å². The van der Waals surface area contributed by atoms with Crippen molar-refractivity contribution < 1.29 is 0 Å². The van der Waals surface area contributed by atoms with Gasteiger partial charge in [0.1, 0.15) is 0 Å². The molecule has 0 fully saturated rings. The topological polar surface area (TPSA) is 26.0 Å². The molecule has 0 aliphatic carbocycles. The van der Waals surface area contributed by atoms with Gasteiger partial charge in [-0.15, -0.1) is 0 Å². The molecule has 0 aromatic carbocycles. The van der Waals surface area contributed by atoms with Crippen molar-refractivity contribution in [2.24, 2.45) is 5.73 Å². The van der Waals surface area contributed by atoms with Crippen molar-refractivity contribution in [1.82, 2.24) is 0 Å². The molecule has 1 heteroatoms. The second kappa shape index (κ2) is 6.44. The van der Waals surface area contributed by atoms with Crippen LogP contribution in [0, 0.1) is 0 Å². The first-order valence-electron chi connectivity index (χ1n) is 2.89. The summed E-state index contributed by atoms with van der Waals surface area (Å²) in [4.78, 5) is 0. The summed E-state index contributed by atoms with van der Waals surface area (Å²) in [7, 11) is 0. The van der Waals surface area contributed by atoms with Crippen LogP contribution in [0.5, 0.6) is 0 Å². The zero-order valence-electron chi connectivity index (χ0n) is 5.30. The third-order valence-corrected chi connectivity index (χ3v) is 0.773. The Morgan fingerprint density at radius 1 is 1.38 bits per heavy atom. The van der Waals surface area contributed by atoms with E-state index in [1.165, 1.54) is 0 Å². The molecule has 1 nitrogen and oxygen atoms in total. The fourth-order valence-electron chi connectivity index (χ4n) is 0.382. The minimum Gasteiger partial charge on any atom is -0.330 e. The molecule has 0 radical (unpaired) electrons. The van der Waals surface area contributed by atoms with Crippen LogP contribution >= 0.6 is 0 Å². The first-order chi connectivity index (χ1) is 3.91. The van der Waals surface area contributed by atoms with Gasteiger partial charge in [0.05, 0.1) is 0 Å². The first kappa shape index (κ1) is 7.44. The molecular formula is C7H13N. The second-order valence-corrected chi connectivity index (χ2v) is 1.53. The highest BCUT2D eigenvalue weighted by molar-refractivity contribution is 5.00. The predicted octanol–water partition coefficient (Wildman–Crippen LogP) is 1.47. The van der Waals surface area contributed by atoms with E-state index in [0.717, 1.165) is 13.0 Å². The molecule has 0 aliphatic heterocycles. The van der Waals surface area contributed by atoms with Crippen molar-refractivity contribution in [3.8, 4) is 0 Å². The lowest BCUT2D eigenvalue weighted by molar-refractivity contribution is 1.01. The summed E-state index contributed by atoms with van der Waals surface area (Å²) in [5.74, 6) is 0. The SMILES string of the molecule is CC=CC=CCCN. The van der Waals surface area contributed by atoms with E-state index >= 15 is 0 Å². The molecule has 0 aromatic rings. The van der Waals surface area contributed by atoms with Crippen molar-refractivity contribution in [2.75, 3.05) is 6.54 Å². The fraction of sp³-hybridized carbons (Fsp3) is 0.429. The molecule has 0 unspecified atom stereocenters. The van der Waals surface area contributed by atoms with E-state index in [-0.39, 0.29) is 0 Å². The summed E-state index contributed by atoms with van der Waals surface area (Å²) < 4.78 is 0. The van der Waals surface area contributed by atoms with Crippen LogP contribution in [0.4, 0.5) is 0 Å². The van der Waals surface area contributed by atoms with Crippen molar-refractivity contribution in [2.45, 2.75) is 13.3 Å². The van der Waals surface area contributed by atoms with Crippen molar-refractivity contribution in [3.05, 3.63) is 24.3 Å². The van der Waals surface area contributed by atoms with Crippen LogP contribution in [0.3, 0.4) is 0 Å². The third-order valence-electron chi connectivity index (χ3n) is 0.773.